The number of H-pyrrole nitrogens is 1. The molecule has 0 spiro atoms. The number of ether oxygens (including phenoxy) is 1. The summed E-state index contributed by atoms with van der Waals surface area (Å²) in [4.78, 5) is 16.4. The van der Waals surface area contributed by atoms with Crippen molar-refractivity contribution >= 4 is 11.6 Å². The first-order chi connectivity index (χ1) is 7.19. The maximum absolute atomic E-state index is 11.9. The molecule has 0 bridgehead atoms. The number of carbonyl (C=O) groups is 1. The largest absolute Gasteiger partial charge is 0.397 e. The van der Waals surface area contributed by atoms with Gasteiger partial charge in [-0.3, -0.25) is 4.79 Å². The van der Waals surface area contributed by atoms with Crippen LogP contribution in [0.3, 0.4) is 0 Å². The molecular formula is C10H17N3O2. The highest BCUT2D eigenvalue weighted by Crippen LogP contribution is 2.07. The molecule has 0 aromatic carbocycles. The number of likely N-dealkylation sites (N-methyl/N-ethyl adjacent to an activating group) is 1. The number of aromatic amines is 1. The first kappa shape index (κ1) is 11.6. The second kappa shape index (κ2) is 5.41. The van der Waals surface area contributed by atoms with E-state index in [-0.39, 0.29) is 5.91 Å². The minimum Gasteiger partial charge on any atom is -0.397 e. The van der Waals surface area contributed by atoms with Crippen LogP contribution in [0.2, 0.25) is 0 Å². The highest BCUT2D eigenvalue weighted by atomic mass is 16.5. The van der Waals surface area contributed by atoms with Gasteiger partial charge in [0.2, 0.25) is 0 Å². The van der Waals surface area contributed by atoms with Gasteiger partial charge < -0.3 is 20.4 Å². The van der Waals surface area contributed by atoms with Crippen molar-refractivity contribution in [1.29, 1.82) is 0 Å². The minimum absolute atomic E-state index is 0.0498. The van der Waals surface area contributed by atoms with E-state index in [1.165, 1.54) is 0 Å². The average Bonchev–Trinajstić information content (AvgIpc) is 2.65. The second-order valence-corrected chi connectivity index (χ2v) is 3.22. The molecule has 5 nitrogen and oxygen atoms in total. The van der Waals surface area contributed by atoms with Crippen molar-refractivity contribution in [2.24, 2.45) is 0 Å². The van der Waals surface area contributed by atoms with Crippen molar-refractivity contribution < 1.29 is 9.53 Å². The number of nitrogens with one attached hydrogen (secondary N) is 1. The number of hydrogen-bond acceptors (Lipinski definition) is 3. The van der Waals surface area contributed by atoms with Crippen LogP contribution >= 0.6 is 0 Å². The number of anilines is 1. The molecule has 5 heteroatoms. The van der Waals surface area contributed by atoms with Crippen molar-refractivity contribution in [2.75, 3.05) is 32.5 Å². The Hall–Kier alpha value is -1.49. The fourth-order valence-electron chi connectivity index (χ4n) is 1.31. The highest BCUT2D eigenvalue weighted by molar-refractivity contribution is 5.93. The summed E-state index contributed by atoms with van der Waals surface area (Å²) in [6, 6.07) is 1.64. The molecule has 0 aliphatic carbocycles. The van der Waals surface area contributed by atoms with Gasteiger partial charge in [0.05, 0.1) is 6.61 Å². The Morgan fingerprint density at radius 2 is 2.40 bits per heavy atom. The van der Waals surface area contributed by atoms with Gasteiger partial charge in [0.25, 0.3) is 5.91 Å². The molecule has 0 saturated carbocycles. The summed E-state index contributed by atoms with van der Waals surface area (Å²) in [5.41, 5.74) is 6.62. The second-order valence-electron chi connectivity index (χ2n) is 3.22. The number of hydrogen-bond donors (Lipinski definition) is 2. The first-order valence-electron chi connectivity index (χ1n) is 4.91. The van der Waals surface area contributed by atoms with Crippen LogP contribution < -0.4 is 5.73 Å². The number of methoxy groups -OCH3 is 1. The lowest BCUT2D eigenvalue weighted by Crippen LogP contribution is -2.33. The summed E-state index contributed by atoms with van der Waals surface area (Å²) >= 11 is 0. The summed E-state index contributed by atoms with van der Waals surface area (Å²) in [5, 5.41) is 0. The van der Waals surface area contributed by atoms with Gasteiger partial charge in [-0.15, -0.1) is 0 Å². The summed E-state index contributed by atoms with van der Waals surface area (Å²) in [6.45, 7) is 3.71. The van der Waals surface area contributed by atoms with Gasteiger partial charge in [0, 0.05) is 32.1 Å². The smallest absolute Gasteiger partial charge is 0.270 e. The third kappa shape index (κ3) is 2.99. The number of aromatic nitrogens is 1. The van der Waals surface area contributed by atoms with Gasteiger partial charge in [-0.2, -0.15) is 0 Å². The number of nitrogens with zero attached hydrogens (tertiary/aromatic N) is 1. The monoisotopic (exact) mass is 211 g/mol. The molecule has 1 aromatic rings. The molecule has 84 valence electrons. The SMILES string of the molecule is CCN(CCOC)C(=O)c1cc(N)c[nH]1. The number of amides is 1. The molecule has 0 atom stereocenters. The topological polar surface area (TPSA) is 71.3 Å². The number of nitrogen functional groups attached to an aromatic ring is 1. The van der Waals surface area contributed by atoms with Gasteiger partial charge >= 0.3 is 0 Å². The van der Waals surface area contributed by atoms with Crippen molar-refractivity contribution in [3.05, 3.63) is 18.0 Å². The molecule has 0 radical (unpaired) electrons. The predicted molar refractivity (Wildman–Crippen MR) is 58.7 cm³/mol. The minimum atomic E-state index is -0.0498. The lowest BCUT2D eigenvalue weighted by molar-refractivity contribution is 0.0701. The molecule has 1 rings (SSSR count). The number of nitrogens with two attached hydrogens (primary N) is 1. The van der Waals surface area contributed by atoms with E-state index in [1.54, 1.807) is 24.3 Å². The molecular weight excluding hydrogens is 194 g/mol. The summed E-state index contributed by atoms with van der Waals surface area (Å²) in [7, 11) is 1.62. The number of rotatable bonds is 5. The summed E-state index contributed by atoms with van der Waals surface area (Å²) < 4.78 is 4.94. The van der Waals surface area contributed by atoms with E-state index in [0.29, 0.717) is 31.1 Å². The molecule has 1 heterocycles. The zero-order valence-corrected chi connectivity index (χ0v) is 9.12. The Bertz CT molecular complexity index is 322. The van der Waals surface area contributed by atoms with Crippen molar-refractivity contribution in [3.8, 4) is 0 Å². The molecule has 3 N–H and O–H groups in total. The van der Waals surface area contributed by atoms with E-state index >= 15 is 0 Å². The van der Waals surface area contributed by atoms with Crippen molar-refractivity contribution in [1.82, 2.24) is 9.88 Å². The van der Waals surface area contributed by atoms with E-state index in [2.05, 4.69) is 4.98 Å². The van der Waals surface area contributed by atoms with Crippen LogP contribution in [0.5, 0.6) is 0 Å². The van der Waals surface area contributed by atoms with Gasteiger partial charge in [-0.25, -0.2) is 0 Å². The zero-order chi connectivity index (χ0) is 11.3. The van der Waals surface area contributed by atoms with E-state index < -0.39 is 0 Å². The molecule has 1 aromatic heterocycles. The van der Waals surface area contributed by atoms with E-state index in [4.69, 9.17) is 10.5 Å². The van der Waals surface area contributed by atoms with Gasteiger partial charge in [0.15, 0.2) is 0 Å². The molecule has 15 heavy (non-hydrogen) atoms. The van der Waals surface area contributed by atoms with Gasteiger partial charge in [-0.1, -0.05) is 0 Å². The van der Waals surface area contributed by atoms with Gasteiger partial charge in [0.1, 0.15) is 5.69 Å². The fraction of sp³-hybridized carbons (Fsp3) is 0.500. The van der Waals surface area contributed by atoms with Crippen molar-refractivity contribution in [3.63, 3.8) is 0 Å². The zero-order valence-electron chi connectivity index (χ0n) is 9.12. The Kier molecular flexibility index (Phi) is 4.17. The van der Waals surface area contributed by atoms with Crippen LogP contribution in [0.15, 0.2) is 12.3 Å². The maximum Gasteiger partial charge on any atom is 0.270 e. The molecule has 1 amide bonds. The highest BCUT2D eigenvalue weighted by Gasteiger charge is 2.14. The normalized spacial score (nSPS) is 10.3. The Morgan fingerprint density at radius 3 is 2.87 bits per heavy atom. The standard InChI is InChI=1S/C10H17N3O2/c1-3-13(4-5-15-2)10(14)9-6-8(11)7-12-9/h6-7,12H,3-5,11H2,1-2H3. The molecule has 0 unspecified atom stereocenters. The molecule has 0 aliphatic rings. The van der Waals surface area contributed by atoms with E-state index in [1.807, 2.05) is 6.92 Å². The third-order valence-corrected chi connectivity index (χ3v) is 2.17. The van der Waals surface area contributed by atoms with Crippen LogP contribution in [0, 0.1) is 0 Å². The lowest BCUT2D eigenvalue weighted by Gasteiger charge is -2.19. The quantitative estimate of drug-likeness (QED) is 0.753. The van der Waals surface area contributed by atoms with Gasteiger partial charge in [-0.05, 0) is 13.0 Å². The lowest BCUT2D eigenvalue weighted by atomic mass is 10.3. The summed E-state index contributed by atoms with van der Waals surface area (Å²) in [5.74, 6) is -0.0498. The van der Waals surface area contributed by atoms with E-state index in [9.17, 15) is 4.79 Å². The van der Waals surface area contributed by atoms with Crippen LogP contribution in [0.1, 0.15) is 17.4 Å². The first-order valence-corrected chi connectivity index (χ1v) is 4.91. The molecule has 0 fully saturated rings. The molecule has 0 saturated heterocycles. The summed E-state index contributed by atoms with van der Waals surface area (Å²) in [6.07, 6.45) is 1.61. The van der Waals surface area contributed by atoms with Crippen molar-refractivity contribution in [2.45, 2.75) is 6.92 Å². The number of carbonyl (C=O) groups excluding carboxylic acids is 1. The van der Waals surface area contributed by atoms with Crippen LogP contribution in [0.25, 0.3) is 0 Å². The van der Waals surface area contributed by atoms with Crippen LogP contribution in [-0.2, 0) is 4.74 Å². The fourth-order valence-corrected chi connectivity index (χ4v) is 1.31. The maximum atomic E-state index is 11.9. The third-order valence-electron chi connectivity index (χ3n) is 2.17. The Morgan fingerprint density at radius 1 is 1.67 bits per heavy atom. The predicted octanol–water partition coefficient (Wildman–Crippen LogP) is 0.705. The average molecular weight is 211 g/mol. The van der Waals surface area contributed by atoms with E-state index in [0.717, 1.165) is 0 Å². The molecule has 0 aliphatic heterocycles. The Balaban J connectivity index is 2.64. The van der Waals surface area contributed by atoms with Crippen LogP contribution in [-0.4, -0.2) is 42.6 Å². The Labute approximate surface area is 89.2 Å². The van der Waals surface area contributed by atoms with Crippen LogP contribution in [0.4, 0.5) is 5.69 Å².